The summed E-state index contributed by atoms with van der Waals surface area (Å²) in [5, 5.41) is 0. The third-order valence-corrected chi connectivity index (χ3v) is 6.43. The van der Waals surface area contributed by atoms with E-state index >= 15 is 0 Å². The molecule has 1 aromatic heterocycles. The van der Waals surface area contributed by atoms with Crippen molar-refractivity contribution in [3.05, 3.63) is 65.5 Å². The van der Waals surface area contributed by atoms with Crippen LogP contribution in [0, 0.1) is 5.41 Å². The maximum atomic E-state index is 12.8. The minimum Gasteiger partial charge on any atom is -0.338 e. The maximum absolute atomic E-state index is 12.8. The Morgan fingerprint density at radius 2 is 1.93 bits per heavy atom. The summed E-state index contributed by atoms with van der Waals surface area (Å²) in [4.78, 5) is 21.5. The Bertz CT molecular complexity index is 802. The molecule has 0 aliphatic carbocycles. The molecule has 4 heteroatoms. The predicted octanol–water partition coefficient (Wildman–Crippen LogP) is 4.33. The minimum atomic E-state index is 0.131. The van der Waals surface area contributed by atoms with Crippen LogP contribution in [-0.4, -0.2) is 46.9 Å². The summed E-state index contributed by atoms with van der Waals surface area (Å²) in [6, 6.07) is 12.8. The minimum absolute atomic E-state index is 0.131. The Hall–Kier alpha value is -2.20. The number of nitrogens with zero attached hydrogens (tertiary/aromatic N) is 3. The molecule has 1 atom stereocenters. The summed E-state index contributed by atoms with van der Waals surface area (Å²) in [6.45, 7) is 9.48. The van der Waals surface area contributed by atoms with Gasteiger partial charge in [0.1, 0.15) is 0 Å². The van der Waals surface area contributed by atoms with Crippen molar-refractivity contribution >= 4 is 5.91 Å². The van der Waals surface area contributed by atoms with E-state index < -0.39 is 0 Å². The molecule has 1 aromatic carbocycles. The molecule has 3 heterocycles. The van der Waals surface area contributed by atoms with E-state index in [1.807, 2.05) is 17.0 Å². The van der Waals surface area contributed by atoms with Gasteiger partial charge in [-0.15, -0.1) is 0 Å². The van der Waals surface area contributed by atoms with Crippen molar-refractivity contribution < 1.29 is 4.79 Å². The molecule has 2 aliphatic rings. The largest absolute Gasteiger partial charge is 0.338 e. The molecule has 2 aliphatic heterocycles. The summed E-state index contributed by atoms with van der Waals surface area (Å²) in [7, 11) is 0. The molecule has 4 nitrogen and oxygen atoms in total. The summed E-state index contributed by atoms with van der Waals surface area (Å²) in [5.41, 5.74) is 3.76. The number of carbonyl (C=O) groups excluding carboxylic acids is 1. The molecule has 0 radical (unpaired) electrons. The second-order valence-electron chi connectivity index (χ2n) is 8.93. The lowest BCUT2D eigenvalue weighted by atomic mass is 9.79. The van der Waals surface area contributed by atoms with Crippen LogP contribution in [0.2, 0.25) is 0 Å². The van der Waals surface area contributed by atoms with Crippen LogP contribution in [0.1, 0.15) is 60.5 Å². The topological polar surface area (TPSA) is 36.4 Å². The number of benzene rings is 1. The van der Waals surface area contributed by atoms with Crippen LogP contribution in [0.25, 0.3) is 0 Å². The van der Waals surface area contributed by atoms with Crippen LogP contribution in [0.15, 0.2) is 48.8 Å². The lowest BCUT2D eigenvalue weighted by Crippen LogP contribution is -2.45. The number of piperidine rings is 1. The van der Waals surface area contributed by atoms with Gasteiger partial charge >= 0.3 is 0 Å². The van der Waals surface area contributed by atoms with Gasteiger partial charge < -0.3 is 4.90 Å². The van der Waals surface area contributed by atoms with E-state index in [0.29, 0.717) is 11.5 Å². The van der Waals surface area contributed by atoms with Crippen molar-refractivity contribution in [2.24, 2.45) is 5.41 Å². The Kier molecular flexibility index (Phi) is 5.49. The van der Waals surface area contributed by atoms with Crippen molar-refractivity contribution in [1.29, 1.82) is 0 Å². The van der Waals surface area contributed by atoms with Crippen molar-refractivity contribution in [3.8, 4) is 0 Å². The first-order valence-corrected chi connectivity index (χ1v) is 10.6. The number of hydrogen-bond donors (Lipinski definition) is 0. The van der Waals surface area contributed by atoms with Crippen LogP contribution >= 0.6 is 0 Å². The zero-order chi connectivity index (χ0) is 19.6. The van der Waals surface area contributed by atoms with E-state index in [2.05, 4.69) is 48.0 Å². The van der Waals surface area contributed by atoms with Gasteiger partial charge in [-0.25, -0.2) is 0 Å². The number of likely N-dealkylation sites (tertiary alicyclic amines) is 2. The Morgan fingerprint density at radius 1 is 1.11 bits per heavy atom. The van der Waals surface area contributed by atoms with Crippen LogP contribution in [0.4, 0.5) is 0 Å². The summed E-state index contributed by atoms with van der Waals surface area (Å²) < 4.78 is 0. The number of rotatable bonds is 4. The van der Waals surface area contributed by atoms with Gasteiger partial charge in [-0.3, -0.25) is 14.7 Å². The van der Waals surface area contributed by atoms with Crippen LogP contribution in [-0.2, 0) is 6.54 Å². The molecule has 148 valence electrons. The molecule has 0 saturated carbocycles. The fourth-order valence-electron chi connectivity index (χ4n) is 4.82. The average Bonchev–Trinajstić information content (AvgIpc) is 3.11. The molecule has 2 saturated heterocycles. The lowest BCUT2D eigenvalue weighted by molar-refractivity contribution is 0.0675. The van der Waals surface area contributed by atoms with E-state index in [4.69, 9.17) is 0 Å². The highest BCUT2D eigenvalue weighted by Crippen LogP contribution is 2.39. The average molecular weight is 378 g/mol. The molecule has 1 unspecified atom stereocenters. The Morgan fingerprint density at radius 3 is 2.64 bits per heavy atom. The second kappa shape index (κ2) is 8.04. The maximum Gasteiger partial charge on any atom is 0.255 e. The third-order valence-electron chi connectivity index (χ3n) is 6.43. The van der Waals surface area contributed by atoms with Crippen molar-refractivity contribution in [3.63, 3.8) is 0 Å². The smallest absolute Gasteiger partial charge is 0.255 e. The fourth-order valence-corrected chi connectivity index (χ4v) is 4.82. The summed E-state index contributed by atoms with van der Waals surface area (Å²) in [6.07, 6.45) is 6.96. The molecule has 4 rings (SSSR count). The van der Waals surface area contributed by atoms with E-state index in [1.54, 1.807) is 12.4 Å². The normalized spacial score (nSPS) is 22.9. The summed E-state index contributed by atoms with van der Waals surface area (Å²) in [5.74, 6) is 0.709. The quantitative estimate of drug-likeness (QED) is 0.796. The Balaban J connectivity index is 1.39. The molecule has 1 spiro atoms. The van der Waals surface area contributed by atoms with Gasteiger partial charge in [0.2, 0.25) is 0 Å². The highest BCUT2D eigenvalue weighted by Gasteiger charge is 2.42. The van der Waals surface area contributed by atoms with Gasteiger partial charge in [0.15, 0.2) is 0 Å². The van der Waals surface area contributed by atoms with Crippen molar-refractivity contribution in [1.82, 2.24) is 14.8 Å². The molecule has 0 bridgehead atoms. The molecular formula is C24H31N3O. The number of aromatic nitrogens is 1. The van der Waals surface area contributed by atoms with E-state index in [1.165, 1.54) is 24.0 Å². The number of hydrogen-bond acceptors (Lipinski definition) is 3. The highest BCUT2D eigenvalue weighted by molar-refractivity contribution is 5.94. The van der Waals surface area contributed by atoms with Gasteiger partial charge in [0, 0.05) is 44.0 Å². The number of amides is 1. The van der Waals surface area contributed by atoms with Gasteiger partial charge in [-0.2, -0.15) is 0 Å². The second-order valence-corrected chi connectivity index (χ2v) is 8.93. The molecule has 1 amide bonds. The standard InChI is InChI=1S/C24H31N3O/c1-19(2)21-8-6-20(7-9-21)16-26-13-4-10-24(17-26)11-14-27(18-24)23(28)22-5-3-12-25-15-22/h3,5-9,12,15,19H,4,10-11,13-14,16-18H2,1-2H3. The van der Waals surface area contributed by atoms with Gasteiger partial charge in [-0.1, -0.05) is 38.1 Å². The SMILES string of the molecule is CC(C)c1ccc(CN2CCCC3(CCN(C(=O)c4cccnc4)C3)C2)cc1. The van der Waals surface area contributed by atoms with E-state index in [-0.39, 0.29) is 11.3 Å². The molecule has 2 fully saturated rings. The first kappa shape index (κ1) is 19.1. The molecular weight excluding hydrogens is 346 g/mol. The molecule has 28 heavy (non-hydrogen) atoms. The van der Waals surface area contributed by atoms with Gasteiger partial charge in [-0.05, 0) is 55.0 Å². The lowest BCUT2D eigenvalue weighted by Gasteiger charge is -2.40. The van der Waals surface area contributed by atoms with Crippen molar-refractivity contribution in [2.45, 2.75) is 45.6 Å². The zero-order valence-corrected chi connectivity index (χ0v) is 17.1. The summed E-state index contributed by atoms with van der Waals surface area (Å²) >= 11 is 0. The Labute approximate surface area is 168 Å². The number of carbonyl (C=O) groups is 1. The molecule has 0 N–H and O–H groups in total. The van der Waals surface area contributed by atoms with E-state index in [0.717, 1.165) is 39.1 Å². The molecule has 2 aromatic rings. The van der Waals surface area contributed by atoms with E-state index in [9.17, 15) is 4.79 Å². The third kappa shape index (κ3) is 4.12. The fraction of sp³-hybridized carbons (Fsp3) is 0.500. The predicted molar refractivity (Wildman–Crippen MR) is 112 cm³/mol. The van der Waals surface area contributed by atoms with Crippen LogP contribution < -0.4 is 0 Å². The van der Waals surface area contributed by atoms with Gasteiger partial charge in [0.05, 0.1) is 5.56 Å². The number of pyridine rings is 1. The van der Waals surface area contributed by atoms with Crippen LogP contribution in [0.3, 0.4) is 0 Å². The first-order valence-electron chi connectivity index (χ1n) is 10.6. The van der Waals surface area contributed by atoms with Crippen molar-refractivity contribution in [2.75, 3.05) is 26.2 Å². The highest BCUT2D eigenvalue weighted by atomic mass is 16.2. The first-order chi connectivity index (χ1) is 13.5. The van der Waals surface area contributed by atoms with Crippen LogP contribution in [0.5, 0.6) is 0 Å². The zero-order valence-electron chi connectivity index (χ0n) is 17.1. The monoisotopic (exact) mass is 377 g/mol. The van der Waals surface area contributed by atoms with Gasteiger partial charge in [0.25, 0.3) is 5.91 Å².